The zero-order chi connectivity index (χ0) is 17.2. The Bertz CT molecular complexity index is 973. The highest BCUT2D eigenvalue weighted by molar-refractivity contribution is 7.99. The Hall–Kier alpha value is -2.64. The van der Waals surface area contributed by atoms with E-state index in [1.54, 1.807) is 54.2 Å². The van der Waals surface area contributed by atoms with E-state index >= 15 is 0 Å². The summed E-state index contributed by atoms with van der Waals surface area (Å²) in [6.07, 6.45) is 5.17. The summed E-state index contributed by atoms with van der Waals surface area (Å²) >= 11 is 1.59. The van der Waals surface area contributed by atoms with Crippen LogP contribution in [-0.2, 0) is 11.3 Å². The third kappa shape index (κ3) is 3.04. The van der Waals surface area contributed by atoms with Gasteiger partial charge in [-0.3, -0.25) is 9.69 Å². The Kier molecular flexibility index (Phi) is 4.25. The largest absolute Gasteiger partial charge is 0.364 e. The van der Waals surface area contributed by atoms with Gasteiger partial charge in [0.05, 0.1) is 12.2 Å². The maximum absolute atomic E-state index is 12.0. The summed E-state index contributed by atoms with van der Waals surface area (Å²) in [5.74, 6) is 0.788. The van der Waals surface area contributed by atoms with Crippen molar-refractivity contribution >= 4 is 23.3 Å². The van der Waals surface area contributed by atoms with Crippen molar-refractivity contribution in [1.82, 2.24) is 14.5 Å². The van der Waals surface area contributed by atoms with E-state index in [-0.39, 0.29) is 5.56 Å². The molecule has 2 aromatic heterocycles. The van der Waals surface area contributed by atoms with Crippen LogP contribution in [0.3, 0.4) is 0 Å². The van der Waals surface area contributed by atoms with E-state index in [0.717, 1.165) is 27.0 Å². The van der Waals surface area contributed by atoms with Crippen LogP contribution in [0.25, 0.3) is 0 Å². The molecule has 0 aliphatic carbocycles. The summed E-state index contributed by atoms with van der Waals surface area (Å²) < 4.78 is 7.05. The van der Waals surface area contributed by atoms with Gasteiger partial charge in [0.1, 0.15) is 11.8 Å². The van der Waals surface area contributed by atoms with E-state index in [2.05, 4.69) is 22.1 Å². The van der Waals surface area contributed by atoms with E-state index in [9.17, 15) is 4.79 Å². The van der Waals surface area contributed by atoms with Crippen LogP contribution in [0, 0.1) is 0 Å². The Morgan fingerprint density at radius 1 is 1.16 bits per heavy atom. The van der Waals surface area contributed by atoms with Gasteiger partial charge < -0.3 is 9.30 Å². The number of hydrogen-bond donors (Lipinski definition) is 0. The molecular formula is C18H16N4O2S. The van der Waals surface area contributed by atoms with Gasteiger partial charge >= 0.3 is 0 Å². The Morgan fingerprint density at radius 2 is 2.04 bits per heavy atom. The Balaban J connectivity index is 1.73. The summed E-state index contributed by atoms with van der Waals surface area (Å²) in [6.45, 7) is 0.903. The number of fused-ring (bicyclic) bond motifs is 2. The lowest BCUT2D eigenvalue weighted by Crippen LogP contribution is -2.25. The number of rotatable bonds is 4. The minimum Gasteiger partial charge on any atom is -0.364 e. The fraction of sp³-hybridized carbons (Fsp3) is 0.167. The summed E-state index contributed by atoms with van der Waals surface area (Å²) in [5, 5.41) is 0.860. The van der Waals surface area contributed by atoms with E-state index in [4.69, 9.17) is 4.74 Å². The van der Waals surface area contributed by atoms with Crippen LogP contribution in [0.1, 0.15) is 5.56 Å². The van der Waals surface area contributed by atoms with Crippen molar-refractivity contribution in [3.8, 4) is 0 Å². The molecule has 3 aromatic rings. The topological polar surface area (TPSA) is 60.2 Å². The smallest absolute Gasteiger partial charge is 0.250 e. The molecule has 1 aliphatic rings. The van der Waals surface area contributed by atoms with Gasteiger partial charge in [0.2, 0.25) is 0 Å². The van der Waals surface area contributed by atoms with Gasteiger partial charge in [0.25, 0.3) is 5.56 Å². The molecule has 3 heterocycles. The predicted molar refractivity (Wildman–Crippen MR) is 96.4 cm³/mol. The van der Waals surface area contributed by atoms with Crippen LogP contribution in [-0.4, -0.2) is 28.4 Å². The quantitative estimate of drug-likeness (QED) is 0.720. The number of methoxy groups -OCH3 is 1. The van der Waals surface area contributed by atoms with Crippen molar-refractivity contribution in [1.29, 1.82) is 0 Å². The molecule has 0 atom stereocenters. The Morgan fingerprint density at radius 3 is 2.88 bits per heavy atom. The molecule has 25 heavy (non-hydrogen) atoms. The SMILES string of the molecule is COCN1c2cc(Cn3ccccc3=O)ccc2Sc2nccnc21. The summed E-state index contributed by atoms with van der Waals surface area (Å²) in [6, 6.07) is 11.4. The molecule has 4 rings (SSSR count). The molecule has 0 saturated carbocycles. The number of benzene rings is 1. The highest BCUT2D eigenvalue weighted by atomic mass is 32.2. The molecule has 1 aromatic carbocycles. The van der Waals surface area contributed by atoms with Gasteiger partial charge in [-0.1, -0.05) is 23.9 Å². The monoisotopic (exact) mass is 352 g/mol. The van der Waals surface area contributed by atoms with Crippen LogP contribution < -0.4 is 10.5 Å². The first-order valence-corrected chi connectivity index (χ1v) is 8.61. The summed E-state index contributed by atoms with van der Waals surface area (Å²) in [4.78, 5) is 23.9. The number of anilines is 2. The first-order valence-electron chi connectivity index (χ1n) is 7.80. The van der Waals surface area contributed by atoms with Gasteiger partial charge in [-0.15, -0.1) is 0 Å². The molecule has 0 bridgehead atoms. The zero-order valence-corrected chi connectivity index (χ0v) is 14.4. The molecule has 0 saturated heterocycles. The van der Waals surface area contributed by atoms with Crippen LogP contribution in [0.5, 0.6) is 0 Å². The van der Waals surface area contributed by atoms with Gasteiger partial charge in [-0.25, -0.2) is 9.97 Å². The number of hydrogen-bond acceptors (Lipinski definition) is 6. The minimum absolute atomic E-state index is 0.0143. The van der Waals surface area contributed by atoms with Crippen LogP contribution >= 0.6 is 11.8 Å². The molecule has 0 fully saturated rings. The normalized spacial score (nSPS) is 12.6. The van der Waals surface area contributed by atoms with Crippen molar-refractivity contribution in [3.63, 3.8) is 0 Å². The molecule has 0 spiro atoms. The van der Waals surface area contributed by atoms with Crippen molar-refractivity contribution in [2.24, 2.45) is 0 Å². The fourth-order valence-corrected chi connectivity index (χ4v) is 3.79. The maximum atomic E-state index is 12.0. The summed E-state index contributed by atoms with van der Waals surface area (Å²) in [5.41, 5.74) is 2.04. The highest BCUT2D eigenvalue weighted by Crippen LogP contribution is 2.46. The Labute approximate surface area is 149 Å². The van der Waals surface area contributed by atoms with E-state index in [0.29, 0.717) is 13.3 Å². The average molecular weight is 352 g/mol. The third-order valence-electron chi connectivity index (χ3n) is 3.93. The van der Waals surface area contributed by atoms with E-state index < -0.39 is 0 Å². The molecule has 6 nitrogen and oxygen atoms in total. The fourth-order valence-electron chi connectivity index (χ4n) is 2.80. The number of ether oxygens (including phenoxy) is 1. The minimum atomic E-state index is -0.0143. The lowest BCUT2D eigenvalue weighted by Gasteiger charge is -2.30. The second-order valence-corrected chi connectivity index (χ2v) is 6.63. The van der Waals surface area contributed by atoms with Crippen LogP contribution in [0.2, 0.25) is 0 Å². The lowest BCUT2D eigenvalue weighted by atomic mass is 10.1. The van der Waals surface area contributed by atoms with Crippen molar-refractivity contribution in [2.45, 2.75) is 16.5 Å². The second kappa shape index (κ2) is 6.70. The van der Waals surface area contributed by atoms with Crippen LogP contribution in [0.15, 0.2) is 69.7 Å². The van der Waals surface area contributed by atoms with Crippen molar-refractivity contribution in [2.75, 3.05) is 18.7 Å². The first kappa shape index (κ1) is 15.9. The average Bonchev–Trinajstić information content (AvgIpc) is 2.64. The molecule has 0 N–H and O–H groups in total. The molecule has 0 radical (unpaired) electrons. The summed E-state index contributed by atoms with van der Waals surface area (Å²) in [7, 11) is 1.66. The molecule has 7 heteroatoms. The van der Waals surface area contributed by atoms with Crippen molar-refractivity contribution < 1.29 is 4.74 Å². The molecule has 126 valence electrons. The molecule has 0 amide bonds. The predicted octanol–water partition coefficient (Wildman–Crippen LogP) is 2.89. The van der Waals surface area contributed by atoms with Gasteiger partial charge in [-0.05, 0) is 23.8 Å². The van der Waals surface area contributed by atoms with Gasteiger partial charge in [0.15, 0.2) is 5.82 Å². The lowest BCUT2D eigenvalue weighted by molar-refractivity contribution is 0.204. The number of nitrogens with zero attached hydrogens (tertiary/aromatic N) is 4. The van der Waals surface area contributed by atoms with E-state index in [1.165, 1.54) is 0 Å². The second-order valence-electron chi connectivity index (χ2n) is 5.60. The molecule has 0 unspecified atom stereocenters. The highest BCUT2D eigenvalue weighted by Gasteiger charge is 2.25. The first-order chi connectivity index (χ1) is 12.3. The maximum Gasteiger partial charge on any atom is 0.250 e. The van der Waals surface area contributed by atoms with Crippen molar-refractivity contribution in [3.05, 3.63) is 70.9 Å². The number of aromatic nitrogens is 3. The number of pyridine rings is 1. The third-order valence-corrected chi connectivity index (χ3v) is 4.98. The zero-order valence-electron chi connectivity index (χ0n) is 13.6. The van der Waals surface area contributed by atoms with Gasteiger partial charge in [0, 0.05) is 36.7 Å². The molecular weight excluding hydrogens is 336 g/mol. The van der Waals surface area contributed by atoms with Crippen LogP contribution in [0.4, 0.5) is 11.5 Å². The molecule has 1 aliphatic heterocycles. The van der Waals surface area contributed by atoms with Gasteiger partial charge in [-0.2, -0.15) is 0 Å². The standard InChI is InChI=1S/C18H16N4O2S/c1-24-12-22-14-10-13(11-21-9-3-2-4-16(21)23)5-6-15(14)25-18-17(22)19-7-8-20-18/h2-10H,11-12H2,1H3. The van der Waals surface area contributed by atoms with E-state index in [1.807, 2.05) is 17.0 Å².